The highest BCUT2D eigenvalue weighted by molar-refractivity contribution is 5.74. The summed E-state index contributed by atoms with van der Waals surface area (Å²) in [6.45, 7) is 5.59. The van der Waals surface area contributed by atoms with Gasteiger partial charge in [0.05, 0.1) is 12.6 Å². The molecule has 0 bridgehead atoms. The van der Waals surface area contributed by atoms with Crippen LogP contribution in [-0.2, 0) is 13.6 Å². The third kappa shape index (κ3) is 3.48. The van der Waals surface area contributed by atoms with Crippen LogP contribution in [-0.4, -0.2) is 23.8 Å². The van der Waals surface area contributed by atoms with Crippen LogP contribution in [0, 0.1) is 6.92 Å². The van der Waals surface area contributed by atoms with Crippen LogP contribution in [0.15, 0.2) is 30.3 Å². The van der Waals surface area contributed by atoms with Gasteiger partial charge in [-0.05, 0) is 43.7 Å². The van der Waals surface area contributed by atoms with Crippen LogP contribution < -0.4 is 20.1 Å². The summed E-state index contributed by atoms with van der Waals surface area (Å²) in [5, 5.41) is 5.83. The molecular weight excluding hydrogens is 306 g/mol. The van der Waals surface area contributed by atoms with Crippen molar-refractivity contribution in [1.29, 1.82) is 0 Å². The predicted molar refractivity (Wildman–Crippen MR) is 91.4 cm³/mol. The van der Waals surface area contributed by atoms with Crippen LogP contribution in [0.3, 0.4) is 0 Å². The number of hydrogen-bond acceptors (Lipinski definition) is 3. The van der Waals surface area contributed by atoms with Crippen molar-refractivity contribution in [2.45, 2.75) is 26.4 Å². The Kier molecular flexibility index (Phi) is 4.64. The molecule has 0 saturated carbocycles. The number of rotatable bonds is 4. The number of amides is 2. The zero-order chi connectivity index (χ0) is 17.1. The summed E-state index contributed by atoms with van der Waals surface area (Å²) in [7, 11) is 1.99. The number of carbonyl (C=O) groups excluding carboxylic acids is 1. The summed E-state index contributed by atoms with van der Waals surface area (Å²) in [5.41, 5.74) is 3.20. The molecule has 0 aliphatic carbocycles. The van der Waals surface area contributed by atoms with Gasteiger partial charge in [0.15, 0.2) is 11.5 Å². The van der Waals surface area contributed by atoms with Crippen LogP contribution in [0.25, 0.3) is 0 Å². The molecule has 0 spiro atoms. The van der Waals surface area contributed by atoms with Crippen molar-refractivity contribution >= 4 is 6.03 Å². The normalized spacial score (nSPS) is 14.1. The van der Waals surface area contributed by atoms with Gasteiger partial charge in [0.25, 0.3) is 0 Å². The molecule has 1 aliphatic heterocycles. The number of aryl methyl sites for hydroxylation is 1. The summed E-state index contributed by atoms with van der Waals surface area (Å²) in [5.74, 6) is 1.48. The van der Waals surface area contributed by atoms with Gasteiger partial charge in [0.2, 0.25) is 0 Å². The van der Waals surface area contributed by atoms with Crippen LogP contribution in [0.5, 0.6) is 11.5 Å². The molecule has 2 aromatic rings. The zero-order valence-electron chi connectivity index (χ0n) is 14.3. The second kappa shape index (κ2) is 6.86. The Hall–Kier alpha value is -2.63. The van der Waals surface area contributed by atoms with E-state index in [4.69, 9.17) is 9.47 Å². The monoisotopic (exact) mass is 329 g/mol. The van der Waals surface area contributed by atoms with Crippen LogP contribution in [0.1, 0.15) is 29.9 Å². The van der Waals surface area contributed by atoms with Gasteiger partial charge >= 0.3 is 6.03 Å². The molecule has 2 N–H and O–H groups in total. The number of carbonyl (C=O) groups is 1. The average Bonchev–Trinajstić information content (AvgIpc) is 2.91. The lowest BCUT2D eigenvalue weighted by molar-refractivity contribution is 0.171. The third-order valence-corrected chi connectivity index (χ3v) is 4.32. The lowest BCUT2D eigenvalue weighted by atomic mass is 10.1. The molecule has 1 atom stereocenters. The fourth-order valence-electron chi connectivity index (χ4n) is 2.68. The molecule has 0 unspecified atom stereocenters. The van der Waals surface area contributed by atoms with Crippen molar-refractivity contribution < 1.29 is 14.3 Å². The van der Waals surface area contributed by atoms with Gasteiger partial charge in [0.1, 0.15) is 13.2 Å². The minimum Gasteiger partial charge on any atom is -0.486 e. The lowest BCUT2D eigenvalue weighted by Crippen LogP contribution is -2.37. The Morgan fingerprint density at radius 3 is 2.67 bits per heavy atom. The number of fused-ring (bicyclic) bond motifs is 1. The minimum absolute atomic E-state index is 0.129. The van der Waals surface area contributed by atoms with Gasteiger partial charge in [-0.1, -0.05) is 6.07 Å². The number of nitrogens with zero attached hydrogens (tertiary/aromatic N) is 1. The predicted octanol–water partition coefficient (Wildman–Crippen LogP) is 2.67. The van der Waals surface area contributed by atoms with Gasteiger partial charge in [-0.2, -0.15) is 0 Å². The summed E-state index contributed by atoms with van der Waals surface area (Å²) < 4.78 is 13.2. The van der Waals surface area contributed by atoms with Crippen LogP contribution in [0.4, 0.5) is 4.79 Å². The Balaban J connectivity index is 1.57. The molecule has 2 heterocycles. The van der Waals surface area contributed by atoms with E-state index >= 15 is 0 Å². The minimum atomic E-state index is -0.198. The molecule has 2 amide bonds. The molecule has 6 nitrogen and oxygen atoms in total. The maximum atomic E-state index is 12.1. The lowest BCUT2D eigenvalue weighted by Gasteiger charge is -2.21. The van der Waals surface area contributed by atoms with E-state index < -0.39 is 0 Å². The Morgan fingerprint density at radius 1 is 1.21 bits per heavy atom. The van der Waals surface area contributed by atoms with E-state index in [1.807, 2.05) is 51.2 Å². The molecule has 0 radical (unpaired) electrons. The summed E-state index contributed by atoms with van der Waals surface area (Å²) in [6.07, 6.45) is 0. The average molecular weight is 329 g/mol. The molecule has 0 fully saturated rings. The topological polar surface area (TPSA) is 64.5 Å². The van der Waals surface area contributed by atoms with Gasteiger partial charge in [-0.15, -0.1) is 0 Å². The first-order chi connectivity index (χ1) is 11.5. The fraction of sp³-hybridized carbons (Fsp3) is 0.389. The van der Waals surface area contributed by atoms with Crippen molar-refractivity contribution in [2.75, 3.05) is 13.2 Å². The van der Waals surface area contributed by atoms with E-state index in [-0.39, 0.29) is 12.1 Å². The van der Waals surface area contributed by atoms with Gasteiger partial charge in [-0.3, -0.25) is 0 Å². The summed E-state index contributed by atoms with van der Waals surface area (Å²) in [4.78, 5) is 12.1. The highest BCUT2D eigenvalue weighted by atomic mass is 16.6. The molecule has 0 saturated heterocycles. The maximum Gasteiger partial charge on any atom is 0.315 e. The second-order valence-electron chi connectivity index (χ2n) is 5.98. The number of hydrogen-bond donors (Lipinski definition) is 2. The fourth-order valence-corrected chi connectivity index (χ4v) is 2.68. The SMILES string of the molecule is Cc1ccc(CNC(=O)N[C@@H](C)c2ccc3c(c2)OCCO3)n1C. The Bertz CT molecular complexity index is 739. The maximum absolute atomic E-state index is 12.1. The molecule has 3 rings (SSSR count). The first-order valence-corrected chi connectivity index (χ1v) is 8.09. The molecule has 128 valence electrons. The van der Waals surface area contributed by atoms with E-state index in [1.54, 1.807) is 0 Å². The van der Waals surface area contributed by atoms with Gasteiger partial charge < -0.3 is 24.7 Å². The van der Waals surface area contributed by atoms with E-state index in [0.717, 1.165) is 28.5 Å². The number of ether oxygens (including phenoxy) is 2. The number of aromatic nitrogens is 1. The van der Waals surface area contributed by atoms with Crippen molar-refractivity contribution in [3.8, 4) is 11.5 Å². The largest absolute Gasteiger partial charge is 0.486 e. The summed E-state index contributed by atoms with van der Waals surface area (Å²) in [6, 6.07) is 9.46. The number of urea groups is 1. The van der Waals surface area contributed by atoms with Crippen molar-refractivity contribution in [3.05, 3.63) is 47.3 Å². The third-order valence-electron chi connectivity index (χ3n) is 4.32. The van der Waals surface area contributed by atoms with E-state index in [0.29, 0.717) is 19.8 Å². The smallest absolute Gasteiger partial charge is 0.315 e. The Labute approximate surface area is 141 Å². The highest BCUT2D eigenvalue weighted by Gasteiger charge is 2.15. The van der Waals surface area contributed by atoms with E-state index in [1.165, 1.54) is 0 Å². The van der Waals surface area contributed by atoms with Gasteiger partial charge in [0, 0.05) is 18.4 Å². The van der Waals surface area contributed by atoms with Crippen LogP contribution >= 0.6 is 0 Å². The summed E-state index contributed by atoms with van der Waals surface area (Å²) >= 11 is 0. The molecule has 24 heavy (non-hydrogen) atoms. The molecular formula is C18H23N3O3. The standard InChI is InChI=1S/C18H23N3O3/c1-12-4-6-15(21(12)3)11-19-18(22)20-13(2)14-5-7-16-17(10-14)24-9-8-23-16/h4-7,10,13H,8-9,11H2,1-3H3,(H2,19,20,22)/t13-/m0/s1. The number of benzene rings is 1. The first-order valence-electron chi connectivity index (χ1n) is 8.09. The molecule has 1 aromatic carbocycles. The van der Waals surface area contributed by atoms with Crippen molar-refractivity contribution in [2.24, 2.45) is 7.05 Å². The van der Waals surface area contributed by atoms with E-state index in [9.17, 15) is 4.79 Å². The molecule has 6 heteroatoms. The van der Waals surface area contributed by atoms with Gasteiger partial charge in [-0.25, -0.2) is 4.79 Å². The number of nitrogens with one attached hydrogen (secondary N) is 2. The van der Waals surface area contributed by atoms with E-state index in [2.05, 4.69) is 15.2 Å². The molecule has 1 aromatic heterocycles. The first kappa shape index (κ1) is 16.2. The Morgan fingerprint density at radius 2 is 1.96 bits per heavy atom. The van der Waals surface area contributed by atoms with Crippen molar-refractivity contribution in [1.82, 2.24) is 15.2 Å². The molecule has 1 aliphatic rings. The second-order valence-corrected chi connectivity index (χ2v) is 5.98. The zero-order valence-corrected chi connectivity index (χ0v) is 14.3. The van der Waals surface area contributed by atoms with Crippen molar-refractivity contribution in [3.63, 3.8) is 0 Å². The quantitative estimate of drug-likeness (QED) is 0.906. The highest BCUT2D eigenvalue weighted by Crippen LogP contribution is 2.32. The van der Waals surface area contributed by atoms with Crippen LogP contribution in [0.2, 0.25) is 0 Å².